The molecule has 2 aromatic carbocycles. The van der Waals surface area contributed by atoms with Gasteiger partial charge in [0.2, 0.25) is 0 Å². The number of hydrogen-bond acceptors (Lipinski definition) is 3. The van der Waals surface area contributed by atoms with Crippen LogP contribution in [-0.4, -0.2) is 10.8 Å². The highest BCUT2D eigenvalue weighted by atomic mass is 79.9. The van der Waals surface area contributed by atoms with E-state index in [2.05, 4.69) is 21.2 Å². The minimum Gasteiger partial charge on any atom is -0.322 e. The van der Waals surface area contributed by atoms with Crippen molar-refractivity contribution >= 4 is 33.2 Å². The Bertz CT molecular complexity index is 658. The maximum atomic E-state index is 12.1. The van der Waals surface area contributed by atoms with E-state index in [9.17, 15) is 14.9 Å². The molecule has 5 nitrogen and oxygen atoms in total. The Balaban J connectivity index is 2.24. The summed E-state index contributed by atoms with van der Waals surface area (Å²) in [6, 6.07) is 13.0. The third-order valence-corrected chi connectivity index (χ3v) is 3.33. The van der Waals surface area contributed by atoms with E-state index < -0.39 is 4.92 Å². The number of hydrogen-bond donors (Lipinski definition) is 1. The van der Waals surface area contributed by atoms with Gasteiger partial charge in [-0.3, -0.25) is 14.9 Å². The summed E-state index contributed by atoms with van der Waals surface area (Å²) in [5, 5.41) is 14.1. The Morgan fingerprint density at radius 1 is 1.20 bits per heavy atom. The average molecular weight is 335 g/mol. The lowest BCUT2D eigenvalue weighted by Crippen LogP contribution is -2.13. The van der Waals surface area contributed by atoms with Crippen LogP contribution in [0.1, 0.15) is 15.9 Å². The van der Waals surface area contributed by atoms with Crippen LogP contribution in [0.2, 0.25) is 0 Å². The average Bonchev–Trinajstić information content (AvgIpc) is 2.48. The van der Waals surface area contributed by atoms with E-state index in [-0.39, 0.29) is 17.2 Å². The highest BCUT2D eigenvalue weighted by Crippen LogP contribution is 2.20. The summed E-state index contributed by atoms with van der Waals surface area (Å²) >= 11 is 3.34. The fourth-order valence-corrected chi connectivity index (χ4v) is 2.20. The summed E-state index contributed by atoms with van der Waals surface area (Å²) in [6.07, 6.45) is 0. The number of amides is 1. The maximum Gasteiger partial charge on any atom is 0.270 e. The normalized spacial score (nSPS) is 10.1. The number of nitrogens with zero attached hydrogens (tertiary/aromatic N) is 1. The zero-order chi connectivity index (χ0) is 14.5. The molecule has 0 heterocycles. The van der Waals surface area contributed by atoms with Crippen molar-refractivity contribution in [3.05, 3.63) is 69.8 Å². The van der Waals surface area contributed by atoms with Gasteiger partial charge >= 0.3 is 0 Å². The number of anilines is 1. The van der Waals surface area contributed by atoms with Gasteiger partial charge in [-0.15, -0.1) is 0 Å². The zero-order valence-corrected chi connectivity index (χ0v) is 12.0. The van der Waals surface area contributed by atoms with E-state index in [1.165, 1.54) is 18.2 Å². The van der Waals surface area contributed by atoms with Crippen molar-refractivity contribution in [2.75, 3.05) is 5.32 Å². The highest BCUT2D eigenvalue weighted by molar-refractivity contribution is 9.08. The number of alkyl halides is 1. The first kappa shape index (κ1) is 14.2. The number of carbonyl (C=O) groups is 1. The van der Waals surface area contributed by atoms with E-state index in [1.807, 2.05) is 18.2 Å². The molecule has 0 radical (unpaired) electrons. The quantitative estimate of drug-likeness (QED) is 0.525. The maximum absolute atomic E-state index is 12.1. The van der Waals surface area contributed by atoms with Gasteiger partial charge in [0.25, 0.3) is 11.6 Å². The molecule has 102 valence electrons. The zero-order valence-electron chi connectivity index (χ0n) is 10.4. The predicted molar refractivity (Wildman–Crippen MR) is 80.1 cm³/mol. The summed E-state index contributed by atoms with van der Waals surface area (Å²) in [5.74, 6) is -0.373. The van der Waals surface area contributed by atoms with E-state index >= 15 is 0 Å². The van der Waals surface area contributed by atoms with Gasteiger partial charge in [0.05, 0.1) is 4.92 Å². The Morgan fingerprint density at radius 2 is 1.95 bits per heavy atom. The van der Waals surface area contributed by atoms with Crippen LogP contribution in [-0.2, 0) is 5.33 Å². The number of rotatable bonds is 4. The summed E-state index contributed by atoms with van der Waals surface area (Å²) in [6.45, 7) is 0. The van der Waals surface area contributed by atoms with Crippen LogP contribution in [0.3, 0.4) is 0 Å². The summed E-state index contributed by atoms with van der Waals surface area (Å²) < 4.78 is 0. The number of non-ortho nitro benzene ring substituents is 1. The molecule has 6 heteroatoms. The standard InChI is InChI=1S/C14H11BrN2O3/c15-9-11-4-1-2-7-13(11)16-14(18)10-5-3-6-12(8-10)17(19)20/h1-8H,9H2,(H,16,18). The van der Waals surface area contributed by atoms with Gasteiger partial charge in [0, 0.05) is 28.7 Å². The lowest BCUT2D eigenvalue weighted by atomic mass is 10.1. The van der Waals surface area contributed by atoms with Gasteiger partial charge in [-0.25, -0.2) is 0 Å². The van der Waals surface area contributed by atoms with Crippen LogP contribution in [0, 0.1) is 10.1 Å². The van der Waals surface area contributed by atoms with Crippen molar-refractivity contribution in [3.8, 4) is 0 Å². The molecule has 1 N–H and O–H groups in total. The Morgan fingerprint density at radius 3 is 2.65 bits per heavy atom. The number of carbonyl (C=O) groups excluding carboxylic acids is 1. The first-order valence-electron chi connectivity index (χ1n) is 5.81. The van der Waals surface area contributed by atoms with E-state index in [1.54, 1.807) is 12.1 Å². The minimum atomic E-state index is -0.525. The fraction of sp³-hybridized carbons (Fsp3) is 0.0714. The molecule has 0 spiro atoms. The van der Waals surface area contributed by atoms with Crippen LogP contribution in [0.5, 0.6) is 0 Å². The molecule has 0 saturated heterocycles. The van der Waals surface area contributed by atoms with Gasteiger partial charge in [-0.05, 0) is 17.7 Å². The molecule has 0 fully saturated rings. The van der Waals surface area contributed by atoms with Crippen molar-refractivity contribution in [2.45, 2.75) is 5.33 Å². The molecule has 2 rings (SSSR count). The SMILES string of the molecule is O=C(Nc1ccccc1CBr)c1cccc([N+](=O)[O-])c1. The number of benzene rings is 2. The van der Waals surface area contributed by atoms with E-state index in [0.717, 1.165) is 5.56 Å². The third kappa shape index (κ3) is 3.21. The topological polar surface area (TPSA) is 72.2 Å². The minimum absolute atomic E-state index is 0.105. The number of nitro benzene ring substituents is 1. The molecule has 0 aliphatic heterocycles. The third-order valence-electron chi connectivity index (χ3n) is 2.73. The van der Waals surface area contributed by atoms with Crippen molar-refractivity contribution in [3.63, 3.8) is 0 Å². The largest absolute Gasteiger partial charge is 0.322 e. The predicted octanol–water partition coefficient (Wildman–Crippen LogP) is 3.74. The molecule has 1 amide bonds. The summed E-state index contributed by atoms with van der Waals surface area (Å²) in [4.78, 5) is 22.3. The number of nitrogens with one attached hydrogen (secondary N) is 1. The molecule has 0 aromatic heterocycles. The number of para-hydroxylation sites is 1. The molecule has 0 saturated carbocycles. The van der Waals surface area contributed by atoms with Crippen LogP contribution in [0.15, 0.2) is 48.5 Å². The first-order valence-corrected chi connectivity index (χ1v) is 6.93. The molecule has 0 aliphatic rings. The van der Waals surface area contributed by atoms with Gasteiger partial charge in [0.1, 0.15) is 0 Å². The van der Waals surface area contributed by atoms with Crippen LogP contribution in [0.25, 0.3) is 0 Å². The van der Waals surface area contributed by atoms with Crippen molar-refractivity contribution in [2.24, 2.45) is 0 Å². The smallest absolute Gasteiger partial charge is 0.270 e. The highest BCUT2D eigenvalue weighted by Gasteiger charge is 2.12. The number of nitro groups is 1. The monoisotopic (exact) mass is 334 g/mol. The second kappa shape index (κ2) is 6.29. The van der Waals surface area contributed by atoms with Gasteiger partial charge < -0.3 is 5.32 Å². The van der Waals surface area contributed by atoms with E-state index in [0.29, 0.717) is 11.0 Å². The molecule has 0 unspecified atom stereocenters. The Labute approximate surface area is 123 Å². The van der Waals surface area contributed by atoms with E-state index in [4.69, 9.17) is 0 Å². The number of halogens is 1. The van der Waals surface area contributed by atoms with Gasteiger partial charge in [0.15, 0.2) is 0 Å². The second-order valence-electron chi connectivity index (χ2n) is 4.05. The lowest BCUT2D eigenvalue weighted by Gasteiger charge is -2.09. The molecule has 2 aromatic rings. The molecule has 0 aliphatic carbocycles. The molecule has 20 heavy (non-hydrogen) atoms. The van der Waals surface area contributed by atoms with Gasteiger partial charge in [-0.2, -0.15) is 0 Å². The van der Waals surface area contributed by atoms with Crippen molar-refractivity contribution < 1.29 is 9.72 Å². The van der Waals surface area contributed by atoms with Crippen molar-refractivity contribution in [1.29, 1.82) is 0 Å². The first-order chi connectivity index (χ1) is 9.61. The van der Waals surface area contributed by atoms with Crippen molar-refractivity contribution in [1.82, 2.24) is 0 Å². The fourth-order valence-electron chi connectivity index (χ4n) is 1.71. The van der Waals surface area contributed by atoms with Crippen LogP contribution < -0.4 is 5.32 Å². The lowest BCUT2D eigenvalue weighted by molar-refractivity contribution is -0.384. The Hall–Kier alpha value is -2.21. The molecular weight excluding hydrogens is 324 g/mol. The summed E-state index contributed by atoms with van der Waals surface area (Å²) in [7, 11) is 0. The van der Waals surface area contributed by atoms with Crippen LogP contribution in [0.4, 0.5) is 11.4 Å². The molecule has 0 bridgehead atoms. The second-order valence-corrected chi connectivity index (χ2v) is 4.61. The summed E-state index contributed by atoms with van der Waals surface area (Å²) in [5.41, 5.74) is 1.77. The van der Waals surface area contributed by atoms with Gasteiger partial charge in [-0.1, -0.05) is 40.2 Å². The Kier molecular flexibility index (Phi) is 4.47. The van der Waals surface area contributed by atoms with Crippen LogP contribution >= 0.6 is 15.9 Å². The molecular formula is C14H11BrN2O3. The molecule has 0 atom stereocenters.